The lowest BCUT2D eigenvalue weighted by Gasteiger charge is -2.19. The second-order valence-electron chi connectivity index (χ2n) is 8.33. The molecule has 0 spiro atoms. The second-order valence-corrected chi connectivity index (χ2v) is 8.33. The predicted octanol–water partition coefficient (Wildman–Crippen LogP) is 4.76. The van der Waals surface area contributed by atoms with Crippen LogP contribution in [0.3, 0.4) is 0 Å². The Balaban J connectivity index is 1.56. The molecule has 2 heterocycles. The molecule has 4 rings (SSSR count). The number of nitrogens with zero attached hydrogens (tertiary/aromatic N) is 2. The molecule has 0 radical (unpaired) electrons. The number of esters is 1. The number of rotatable bonds is 5. The summed E-state index contributed by atoms with van der Waals surface area (Å²) in [5, 5.41) is 19.2. The standard InChI is InChI=1S/C24H26N4O3/c1-13(2)12-31-24(30)16-5-7-17(8-6-16)28-11-20(29)21(22(28)25)23-26-18-9-14(3)15(4)10-19(18)27-23/h5-10,13,25,29H,11-12H2,1-4H3,(H,26,27). The van der Waals surface area contributed by atoms with E-state index in [0.29, 0.717) is 29.3 Å². The van der Waals surface area contributed by atoms with Crippen molar-refractivity contribution in [1.29, 1.82) is 5.41 Å². The molecule has 7 heteroatoms. The van der Waals surface area contributed by atoms with E-state index in [1.165, 1.54) is 0 Å². The van der Waals surface area contributed by atoms with Crippen LogP contribution in [0.5, 0.6) is 0 Å². The van der Waals surface area contributed by atoms with Crippen LogP contribution < -0.4 is 4.90 Å². The first kappa shape index (κ1) is 20.7. The summed E-state index contributed by atoms with van der Waals surface area (Å²) >= 11 is 0. The molecule has 1 aliphatic heterocycles. The quantitative estimate of drug-likeness (QED) is 0.519. The van der Waals surface area contributed by atoms with Crippen LogP contribution in [0.4, 0.5) is 5.69 Å². The van der Waals surface area contributed by atoms with Gasteiger partial charge in [-0.1, -0.05) is 13.8 Å². The molecule has 1 aliphatic rings. The fraction of sp³-hybridized carbons (Fsp3) is 0.292. The fourth-order valence-electron chi connectivity index (χ4n) is 3.54. The maximum atomic E-state index is 12.1. The van der Waals surface area contributed by atoms with Crippen LogP contribution in [0.25, 0.3) is 16.6 Å². The smallest absolute Gasteiger partial charge is 0.338 e. The highest BCUT2D eigenvalue weighted by Crippen LogP contribution is 2.31. The summed E-state index contributed by atoms with van der Waals surface area (Å²) in [6.45, 7) is 8.57. The van der Waals surface area contributed by atoms with Crippen LogP contribution in [-0.4, -0.2) is 40.0 Å². The molecule has 160 valence electrons. The molecule has 0 bridgehead atoms. The molecular formula is C24H26N4O3. The molecule has 2 aromatic carbocycles. The Morgan fingerprint density at radius 3 is 2.58 bits per heavy atom. The highest BCUT2D eigenvalue weighted by Gasteiger charge is 2.31. The first-order chi connectivity index (χ1) is 14.7. The summed E-state index contributed by atoms with van der Waals surface area (Å²) in [5.74, 6) is 0.607. The van der Waals surface area contributed by atoms with Crippen molar-refractivity contribution in [3.8, 4) is 0 Å². The summed E-state index contributed by atoms with van der Waals surface area (Å²) in [6.07, 6.45) is 0. The number of hydrogen-bond acceptors (Lipinski definition) is 5. The Labute approximate surface area is 180 Å². The molecule has 0 atom stereocenters. The van der Waals surface area contributed by atoms with Gasteiger partial charge < -0.3 is 19.7 Å². The topological polar surface area (TPSA) is 102 Å². The predicted molar refractivity (Wildman–Crippen MR) is 122 cm³/mol. The molecule has 31 heavy (non-hydrogen) atoms. The number of carbonyl (C=O) groups is 1. The number of H-pyrrole nitrogens is 1. The van der Waals surface area contributed by atoms with Crippen LogP contribution in [-0.2, 0) is 4.74 Å². The highest BCUT2D eigenvalue weighted by atomic mass is 16.5. The third kappa shape index (κ3) is 3.91. The average Bonchev–Trinajstić information content (AvgIpc) is 3.25. The van der Waals surface area contributed by atoms with Gasteiger partial charge in [0.2, 0.25) is 0 Å². The number of nitrogens with one attached hydrogen (secondary N) is 2. The number of carbonyl (C=O) groups excluding carboxylic acids is 1. The van der Waals surface area contributed by atoms with E-state index >= 15 is 0 Å². The van der Waals surface area contributed by atoms with Gasteiger partial charge in [-0.05, 0) is 67.3 Å². The number of anilines is 1. The van der Waals surface area contributed by atoms with Crippen molar-refractivity contribution >= 4 is 34.1 Å². The van der Waals surface area contributed by atoms with Gasteiger partial charge in [-0.15, -0.1) is 0 Å². The lowest BCUT2D eigenvalue weighted by Crippen LogP contribution is -2.26. The minimum atomic E-state index is -0.369. The van der Waals surface area contributed by atoms with Gasteiger partial charge in [-0.2, -0.15) is 0 Å². The number of hydrogen-bond donors (Lipinski definition) is 3. The highest BCUT2D eigenvalue weighted by molar-refractivity contribution is 6.30. The Hall–Kier alpha value is -3.61. The van der Waals surface area contributed by atoms with Crippen molar-refractivity contribution in [3.05, 3.63) is 64.7 Å². The number of aliphatic hydroxyl groups is 1. The third-order valence-electron chi connectivity index (χ3n) is 5.40. The SMILES string of the molecule is Cc1cc2nc(C3=C(O)CN(c4ccc(C(=O)OCC(C)C)cc4)C3=N)[nH]c2cc1C. The normalized spacial score (nSPS) is 14.2. The Morgan fingerprint density at radius 1 is 1.23 bits per heavy atom. The van der Waals surface area contributed by atoms with Crippen LogP contribution in [0.1, 0.15) is 41.2 Å². The zero-order chi connectivity index (χ0) is 22.3. The first-order valence-electron chi connectivity index (χ1n) is 10.3. The van der Waals surface area contributed by atoms with E-state index in [4.69, 9.17) is 10.1 Å². The van der Waals surface area contributed by atoms with E-state index in [-0.39, 0.29) is 30.0 Å². The van der Waals surface area contributed by atoms with E-state index in [1.54, 1.807) is 29.2 Å². The van der Waals surface area contributed by atoms with Crippen LogP contribution in [0.2, 0.25) is 0 Å². The van der Waals surface area contributed by atoms with Crippen LogP contribution in [0, 0.1) is 25.2 Å². The molecule has 1 aromatic heterocycles. The molecule has 7 nitrogen and oxygen atoms in total. The molecule has 0 unspecified atom stereocenters. The number of aryl methyl sites for hydroxylation is 2. The number of benzene rings is 2. The largest absolute Gasteiger partial charge is 0.509 e. The van der Waals surface area contributed by atoms with Gasteiger partial charge in [0.1, 0.15) is 17.4 Å². The summed E-state index contributed by atoms with van der Waals surface area (Å²) in [6, 6.07) is 10.9. The van der Waals surface area contributed by atoms with Crippen molar-refractivity contribution in [2.24, 2.45) is 5.92 Å². The number of ether oxygens (including phenoxy) is 1. The lowest BCUT2D eigenvalue weighted by molar-refractivity contribution is 0.0459. The minimum absolute atomic E-state index is 0.0814. The second kappa shape index (κ2) is 7.91. The summed E-state index contributed by atoms with van der Waals surface area (Å²) in [4.78, 5) is 21.6. The van der Waals surface area contributed by atoms with Gasteiger partial charge in [0.05, 0.1) is 35.3 Å². The van der Waals surface area contributed by atoms with Crippen molar-refractivity contribution in [2.45, 2.75) is 27.7 Å². The van der Waals surface area contributed by atoms with Gasteiger partial charge in [-0.3, -0.25) is 5.41 Å². The van der Waals surface area contributed by atoms with E-state index in [2.05, 4.69) is 9.97 Å². The molecule has 0 saturated carbocycles. The first-order valence-corrected chi connectivity index (χ1v) is 10.3. The molecule has 0 aliphatic carbocycles. The zero-order valence-corrected chi connectivity index (χ0v) is 18.1. The van der Waals surface area contributed by atoms with Crippen molar-refractivity contribution in [3.63, 3.8) is 0 Å². The Morgan fingerprint density at radius 2 is 1.90 bits per heavy atom. The van der Waals surface area contributed by atoms with E-state index in [0.717, 1.165) is 22.2 Å². The van der Waals surface area contributed by atoms with Crippen molar-refractivity contribution < 1.29 is 14.6 Å². The number of aliphatic hydroxyl groups excluding tert-OH is 1. The van der Waals surface area contributed by atoms with Crippen molar-refractivity contribution in [2.75, 3.05) is 18.1 Å². The molecule has 0 saturated heterocycles. The fourth-order valence-corrected chi connectivity index (χ4v) is 3.54. The molecular weight excluding hydrogens is 392 g/mol. The molecule has 3 aromatic rings. The van der Waals surface area contributed by atoms with E-state index < -0.39 is 0 Å². The maximum absolute atomic E-state index is 12.1. The third-order valence-corrected chi connectivity index (χ3v) is 5.40. The van der Waals surface area contributed by atoms with Gasteiger partial charge in [0.25, 0.3) is 0 Å². The molecule has 0 amide bonds. The van der Waals surface area contributed by atoms with Crippen molar-refractivity contribution in [1.82, 2.24) is 9.97 Å². The van der Waals surface area contributed by atoms with Gasteiger partial charge in [-0.25, -0.2) is 9.78 Å². The maximum Gasteiger partial charge on any atom is 0.338 e. The monoisotopic (exact) mass is 418 g/mol. The summed E-state index contributed by atoms with van der Waals surface area (Å²) in [7, 11) is 0. The summed E-state index contributed by atoms with van der Waals surface area (Å²) in [5.41, 5.74) is 5.50. The van der Waals surface area contributed by atoms with Crippen LogP contribution >= 0.6 is 0 Å². The number of imidazole rings is 1. The summed E-state index contributed by atoms with van der Waals surface area (Å²) < 4.78 is 5.26. The van der Waals surface area contributed by atoms with E-state index in [9.17, 15) is 9.90 Å². The minimum Gasteiger partial charge on any atom is -0.509 e. The van der Waals surface area contributed by atoms with Gasteiger partial charge >= 0.3 is 5.97 Å². The van der Waals surface area contributed by atoms with E-state index in [1.807, 2.05) is 39.8 Å². The lowest BCUT2D eigenvalue weighted by atomic mass is 10.1. The average molecular weight is 418 g/mol. The molecule has 3 N–H and O–H groups in total. The number of aromatic amines is 1. The Kier molecular flexibility index (Phi) is 5.27. The zero-order valence-electron chi connectivity index (χ0n) is 18.1. The number of fused-ring (bicyclic) bond motifs is 1. The van der Waals surface area contributed by atoms with Gasteiger partial charge in [0.15, 0.2) is 0 Å². The number of aromatic nitrogens is 2. The molecule has 0 fully saturated rings. The number of amidine groups is 1. The Bertz CT molecular complexity index is 1170. The van der Waals surface area contributed by atoms with Crippen LogP contribution in [0.15, 0.2) is 42.2 Å². The van der Waals surface area contributed by atoms with Gasteiger partial charge in [0, 0.05) is 5.69 Å².